The molecule has 1 rings (SSSR count). The highest BCUT2D eigenvalue weighted by atomic mass is 16.1. The molecule has 0 aromatic rings. The van der Waals surface area contributed by atoms with Crippen LogP contribution in [0.25, 0.3) is 0 Å². The van der Waals surface area contributed by atoms with Gasteiger partial charge in [0.25, 0.3) is 0 Å². The van der Waals surface area contributed by atoms with Crippen LogP contribution < -0.4 is 5.73 Å². The van der Waals surface area contributed by atoms with Crippen LogP contribution in [0.5, 0.6) is 0 Å². The van der Waals surface area contributed by atoms with Crippen molar-refractivity contribution in [3.8, 4) is 0 Å². The highest BCUT2D eigenvalue weighted by Gasteiger charge is 2.15. The largest absolute Gasteiger partial charge is 0.324 e. The SMILES string of the molecule is NCC(=O)CCC1CCCC1. The number of hydrogen-bond donors (Lipinski definition) is 1. The van der Waals surface area contributed by atoms with Gasteiger partial charge in [0, 0.05) is 6.42 Å². The van der Waals surface area contributed by atoms with Crippen LogP contribution in [-0.4, -0.2) is 12.3 Å². The van der Waals surface area contributed by atoms with Crippen molar-refractivity contribution >= 4 is 5.78 Å². The average molecular weight is 155 g/mol. The number of ketones is 1. The highest BCUT2D eigenvalue weighted by molar-refractivity contribution is 5.80. The van der Waals surface area contributed by atoms with Gasteiger partial charge in [0.2, 0.25) is 0 Å². The first-order chi connectivity index (χ1) is 5.33. The lowest BCUT2D eigenvalue weighted by Gasteiger charge is -2.05. The van der Waals surface area contributed by atoms with Crippen LogP contribution in [-0.2, 0) is 4.79 Å². The van der Waals surface area contributed by atoms with E-state index in [1.807, 2.05) is 0 Å². The van der Waals surface area contributed by atoms with E-state index in [1.54, 1.807) is 0 Å². The Balaban J connectivity index is 2.06. The Morgan fingerprint density at radius 3 is 2.55 bits per heavy atom. The van der Waals surface area contributed by atoms with Crippen molar-refractivity contribution in [2.24, 2.45) is 11.7 Å². The summed E-state index contributed by atoms with van der Waals surface area (Å²) in [7, 11) is 0. The van der Waals surface area contributed by atoms with Gasteiger partial charge in [-0.3, -0.25) is 4.79 Å². The molecule has 64 valence electrons. The number of rotatable bonds is 4. The van der Waals surface area contributed by atoms with E-state index in [9.17, 15) is 4.79 Å². The van der Waals surface area contributed by atoms with Gasteiger partial charge >= 0.3 is 0 Å². The first kappa shape index (κ1) is 8.72. The third-order valence-corrected chi connectivity index (χ3v) is 2.53. The van der Waals surface area contributed by atoms with Gasteiger partial charge in [0.1, 0.15) is 5.78 Å². The monoisotopic (exact) mass is 155 g/mol. The lowest BCUT2D eigenvalue weighted by molar-refractivity contribution is -0.118. The van der Waals surface area contributed by atoms with Gasteiger partial charge < -0.3 is 5.73 Å². The van der Waals surface area contributed by atoms with Crippen LogP contribution in [0.2, 0.25) is 0 Å². The van der Waals surface area contributed by atoms with Crippen molar-refractivity contribution in [3.05, 3.63) is 0 Å². The first-order valence-electron chi connectivity index (χ1n) is 4.54. The molecule has 0 spiro atoms. The van der Waals surface area contributed by atoms with Gasteiger partial charge in [-0.2, -0.15) is 0 Å². The Bertz CT molecular complexity index is 128. The number of carbonyl (C=O) groups excluding carboxylic acids is 1. The Hall–Kier alpha value is -0.370. The summed E-state index contributed by atoms with van der Waals surface area (Å²) in [6, 6.07) is 0. The molecule has 1 aliphatic rings. The molecule has 0 aromatic heterocycles. The van der Waals surface area contributed by atoms with E-state index < -0.39 is 0 Å². The second-order valence-electron chi connectivity index (χ2n) is 3.43. The van der Waals surface area contributed by atoms with E-state index in [2.05, 4.69) is 0 Å². The Kier molecular flexibility index (Phi) is 3.57. The van der Waals surface area contributed by atoms with Crippen LogP contribution in [0, 0.1) is 5.92 Å². The van der Waals surface area contributed by atoms with Crippen molar-refractivity contribution in [2.75, 3.05) is 6.54 Å². The van der Waals surface area contributed by atoms with Crippen LogP contribution in [0.4, 0.5) is 0 Å². The highest BCUT2D eigenvalue weighted by Crippen LogP contribution is 2.28. The molecule has 0 aromatic carbocycles. The van der Waals surface area contributed by atoms with Gasteiger partial charge in [-0.1, -0.05) is 25.7 Å². The maximum Gasteiger partial charge on any atom is 0.146 e. The van der Waals surface area contributed by atoms with Crippen molar-refractivity contribution in [1.29, 1.82) is 0 Å². The van der Waals surface area contributed by atoms with E-state index in [0.29, 0.717) is 6.42 Å². The summed E-state index contributed by atoms with van der Waals surface area (Å²) < 4.78 is 0. The second-order valence-corrected chi connectivity index (χ2v) is 3.43. The van der Waals surface area contributed by atoms with Crippen LogP contribution >= 0.6 is 0 Å². The summed E-state index contributed by atoms with van der Waals surface area (Å²) >= 11 is 0. The Morgan fingerprint density at radius 2 is 2.00 bits per heavy atom. The standard InChI is InChI=1S/C9H17NO/c10-7-9(11)6-5-8-3-1-2-4-8/h8H,1-7,10H2. The maximum atomic E-state index is 10.8. The molecule has 1 aliphatic carbocycles. The zero-order valence-electron chi connectivity index (χ0n) is 7.01. The molecule has 2 N–H and O–H groups in total. The fourth-order valence-corrected chi connectivity index (χ4v) is 1.77. The van der Waals surface area contributed by atoms with Crippen molar-refractivity contribution in [2.45, 2.75) is 38.5 Å². The molecule has 0 unspecified atom stereocenters. The predicted octanol–water partition coefficient (Wildman–Crippen LogP) is 1.48. The number of carbonyl (C=O) groups is 1. The number of Topliss-reactive ketones (excluding diaryl/α,β-unsaturated/α-hetero) is 1. The van der Waals surface area contributed by atoms with E-state index in [1.165, 1.54) is 25.7 Å². The van der Waals surface area contributed by atoms with Crippen molar-refractivity contribution in [3.63, 3.8) is 0 Å². The van der Waals surface area contributed by atoms with Crippen LogP contribution in [0.15, 0.2) is 0 Å². The molecule has 1 fully saturated rings. The molecule has 11 heavy (non-hydrogen) atoms. The summed E-state index contributed by atoms with van der Waals surface area (Å²) in [4.78, 5) is 10.8. The van der Waals surface area contributed by atoms with Gasteiger partial charge in [-0.25, -0.2) is 0 Å². The lowest BCUT2D eigenvalue weighted by Crippen LogP contribution is -2.13. The maximum absolute atomic E-state index is 10.8. The van der Waals surface area contributed by atoms with Gasteiger partial charge in [0.15, 0.2) is 0 Å². The molecule has 0 bridgehead atoms. The molecular weight excluding hydrogens is 138 g/mol. The minimum Gasteiger partial charge on any atom is -0.324 e. The smallest absolute Gasteiger partial charge is 0.146 e. The Labute approximate surface area is 68.2 Å². The van der Waals surface area contributed by atoms with E-state index in [4.69, 9.17) is 5.73 Å². The lowest BCUT2D eigenvalue weighted by atomic mass is 10.0. The zero-order valence-corrected chi connectivity index (χ0v) is 7.01. The third-order valence-electron chi connectivity index (χ3n) is 2.53. The van der Waals surface area contributed by atoms with Gasteiger partial charge in [-0.05, 0) is 12.3 Å². The number of hydrogen-bond acceptors (Lipinski definition) is 2. The minimum atomic E-state index is 0.219. The summed E-state index contributed by atoms with van der Waals surface area (Å²) in [5, 5.41) is 0. The molecule has 0 saturated heterocycles. The van der Waals surface area contributed by atoms with Crippen molar-refractivity contribution in [1.82, 2.24) is 0 Å². The topological polar surface area (TPSA) is 43.1 Å². The van der Waals surface area contributed by atoms with Crippen LogP contribution in [0.1, 0.15) is 38.5 Å². The molecule has 2 nitrogen and oxygen atoms in total. The fourth-order valence-electron chi connectivity index (χ4n) is 1.77. The number of nitrogens with two attached hydrogens (primary N) is 1. The van der Waals surface area contributed by atoms with Gasteiger partial charge in [0.05, 0.1) is 6.54 Å². The molecule has 2 heteroatoms. The molecule has 0 radical (unpaired) electrons. The first-order valence-corrected chi connectivity index (χ1v) is 4.54. The van der Waals surface area contributed by atoms with E-state index in [0.717, 1.165) is 12.3 Å². The normalized spacial score (nSPS) is 19.0. The zero-order chi connectivity index (χ0) is 8.10. The predicted molar refractivity (Wildman–Crippen MR) is 45.3 cm³/mol. The van der Waals surface area contributed by atoms with Gasteiger partial charge in [-0.15, -0.1) is 0 Å². The second kappa shape index (κ2) is 4.50. The van der Waals surface area contributed by atoms with E-state index >= 15 is 0 Å². The average Bonchev–Trinajstić information content (AvgIpc) is 2.52. The summed E-state index contributed by atoms with van der Waals surface area (Å²) in [6.45, 7) is 0.229. The summed E-state index contributed by atoms with van der Waals surface area (Å²) in [5.41, 5.74) is 5.21. The molecule has 0 heterocycles. The molecular formula is C9H17NO. The molecule has 1 saturated carbocycles. The summed E-state index contributed by atoms with van der Waals surface area (Å²) in [6.07, 6.45) is 7.18. The Morgan fingerprint density at radius 1 is 1.36 bits per heavy atom. The molecule has 0 aliphatic heterocycles. The summed E-state index contributed by atoms with van der Waals surface area (Å²) in [5.74, 6) is 1.04. The molecule has 0 atom stereocenters. The van der Waals surface area contributed by atoms with Crippen molar-refractivity contribution < 1.29 is 4.79 Å². The fraction of sp³-hybridized carbons (Fsp3) is 0.889. The van der Waals surface area contributed by atoms with Crippen LogP contribution in [0.3, 0.4) is 0 Å². The minimum absolute atomic E-state index is 0.219. The quantitative estimate of drug-likeness (QED) is 0.668. The molecule has 0 amide bonds. The van der Waals surface area contributed by atoms with E-state index in [-0.39, 0.29) is 12.3 Å². The third kappa shape index (κ3) is 3.02.